The molecular weight excluding hydrogens is 164 g/mol. The van der Waals surface area contributed by atoms with E-state index >= 15 is 0 Å². The molecule has 1 heterocycles. The van der Waals surface area contributed by atoms with Crippen LogP contribution in [0.4, 0.5) is 0 Å². The van der Waals surface area contributed by atoms with Crippen LogP contribution in [-0.2, 0) is 4.74 Å². The van der Waals surface area contributed by atoms with Crippen molar-refractivity contribution in [1.29, 1.82) is 0 Å². The quantitative estimate of drug-likeness (QED) is 0.507. The van der Waals surface area contributed by atoms with Gasteiger partial charge in [0.2, 0.25) is 0 Å². The molecule has 1 atom stereocenters. The average Bonchev–Trinajstić information content (AvgIpc) is 2.87. The van der Waals surface area contributed by atoms with Crippen molar-refractivity contribution in [3.8, 4) is 0 Å². The topological polar surface area (TPSA) is 64.6 Å². The summed E-state index contributed by atoms with van der Waals surface area (Å²) in [5, 5.41) is 0. The van der Waals surface area contributed by atoms with Crippen LogP contribution in [0.5, 0.6) is 0 Å². The predicted octanol–water partition coefficient (Wildman–Crippen LogP) is 0.969. The highest BCUT2D eigenvalue weighted by atomic mass is 16.6. The van der Waals surface area contributed by atoms with Crippen LogP contribution in [0.15, 0.2) is 0 Å². The lowest BCUT2D eigenvalue weighted by Gasteiger charge is -2.30. The molecule has 13 heavy (non-hydrogen) atoms. The van der Waals surface area contributed by atoms with E-state index in [2.05, 4.69) is 0 Å². The summed E-state index contributed by atoms with van der Waals surface area (Å²) in [6, 6.07) is 0. The van der Waals surface area contributed by atoms with Crippen LogP contribution >= 0.6 is 0 Å². The molecule has 0 amide bonds. The first-order valence-electron chi connectivity index (χ1n) is 5.38. The van der Waals surface area contributed by atoms with Crippen molar-refractivity contribution in [3.63, 3.8) is 0 Å². The van der Waals surface area contributed by atoms with E-state index in [4.69, 9.17) is 16.2 Å². The van der Waals surface area contributed by atoms with Crippen LogP contribution in [0.1, 0.15) is 38.5 Å². The minimum Gasteiger partial charge on any atom is -0.370 e. The molecule has 0 radical (unpaired) electrons. The Morgan fingerprint density at radius 1 is 1.15 bits per heavy atom. The van der Waals surface area contributed by atoms with Gasteiger partial charge in [-0.15, -0.1) is 0 Å². The Bertz CT molecular complexity index is 172. The molecule has 0 aromatic carbocycles. The van der Waals surface area contributed by atoms with Crippen LogP contribution < -0.4 is 11.5 Å². The number of ether oxygens (including phenoxy) is 1. The van der Waals surface area contributed by atoms with Gasteiger partial charge in [0.05, 0.1) is 12.3 Å². The Morgan fingerprint density at radius 3 is 2.31 bits per heavy atom. The summed E-state index contributed by atoms with van der Waals surface area (Å²) in [6.07, 6.45) is 7.79. The lowest BCUT2D eigenvalue weighted by molar-refractivity contribution is 0.214. The summed E-state index contributed by atoms with van der Waals surface area (Å²) in [5.41, 5.74) is 11.5. The van der Waals surface area contributed by atoms with Gasteiger partial charge in [-0.25, -0.2) is 0 Å². The second kappa shape index (κ2) is 3.56. The number of hydrogen-bond donors (Lipinski definition) is 2. The standard InChI is InChI=1S/C10H20N2O/c11-10(12,9-7-13-9)6-8-4-2-1-3-5-8/h8-9H,1-7,11-12H2. The fraction of sp³-hybridized carbons (Fsp3) is 1.00. The van der Waals surface area contributed by atoms with Crippen LogP contribution in [0, 0.1) is 5.92 Å². The zero-order valence-electron chi connectivity index (χ0n) is 8.17. The first-order chi connectivity index (χ1) is 6.18. The van der Waals surface area contributed by atoms with Crippen molar-refractivity contribution in [2.24, 2.45) is 17.4 Å². The van der Waals surface area contributed by atoms with Gasteiger partial charge in [0.25, 0.3) is 0 Å². The van der Waals surface area contributed by atoms with E-state index in [0.717, 1.165) is 18.9 Å². The monoisotopic (exact) mass is 184 g/mol. The van der Waals surface area contributed by atoms with Gasteiger partial charge in [-0.2, -0.15) is 0 Å². The van der Waals surface area contributed by atoms with Crippen molar-refractivity contribution in [3.05, 3.63) is 0 Å². The fourth-order valence-corrected chi connectivity index (χ4v) is 2.38. The van der Waals surface area contributed by atoms with Gasteiger partial charge in [0.1, 0.15) is 6.10 Å². The van der Waals surface area contributed by atoms with E-state index in [1.807, 2.05) is 0 Å². The maximum absolute atomic E-state index is 6.01. The largest absolute Gasteiger partial charge is 0.370 e. The van der Waals surface area contributed by atoms with Crippen LogP contribution in [-0.4, -0.2) is 18.4 Å². The normalized spacial score (nSPS) is 30.5. The molecule has 1 aliphatic heterocycles. The molecule has 3 nitrogen and oxygen atoms in total. The molecule has 4 N–H and O–H groups in total. The highest BCUT2D eigenvalue weighted by Gasteiger charge is 2.42. The molecule has 2 rings (SSSR count). The second-order valence-electron chi connectivity index (χ2n) is 4.64. The summed E-state index contributed by atoms with van der Waals surface area (Å²) in [7, 11) is 0. The Hall–Kier alpha value is -0.120. The minimum atomic E-state index is -0.554. The molecule has 0 aromatic rings. The van der Waals surface area contributed by atoms with Crippen molar-refractivity contribution < 1.29 is 4.74 Å². The Kier molecular flexibility index (Phi) is 2.58. The molecule has 0 spiro atoms. The van der Waals surface area contributed by atoms with Gasteiger partial charge >= 0.3 is 0 Å². The van der Waals surface area contributed by atoms with E-state index in [9.17, 15) is 0 Å². The Balaban J connectivity index is 1.80. The molecule has 1 saturated heterocycles. The molecule has 2 fully saturated rings. The number of nitrogens with two attached hydrogens (primary N) is 2. The summed E-state index contributed by atoms with van der Waals surface area (Å²) in [4.78, 5) is 0. The van der Waals surface area contributed by atoms with Gasteiger partial charge in [0.15, 0.2) is 0 Å². The van der Waals surface area contributed by atoms with E-state index in [0.29, 0.717) is 0 Å². The van der Waals surface area contributed by atoms with Gasteiger partial charge in [0, 0.05) is 0 Å². The second-order valence-corrected chi connectivity index (χ2v) is 4.64. The Labute approximate surface area is 79.8 Å². The maximum atomic E-state index is 6.01. The minimum absolute atomic E-state index is 0.134. The highest BCUT2D eigenvalue weighted by Crippen LogP contribution is 2.32. The first-order valence-corrected chi connectivity index (χ1v) is 5.38. The lowest BCUT2D eigenvalue weighted by Crippen LogP contribution is -2.55. The third-order valence-corrected chi connectivity index (χ3v) is 3.30. The smallest absolute Gasteiger partial charge is 0.112 e. The number of epoxide rings is 1. The molecule has 1 aliphatic carbocycles. The van der Waals surface area contributed by atoms with E-state index in [1.54, 1.807) is 0 Å². The number of hydrogen-bond acceptors (Lipinski definition) is 3. The summed E-state index contributed by atoms with van der Waals surface area (Å²) < 4.78 is 5.16. The fourth-order valence-electron chi connectivity index (χ4n) is 2.38. The first kappa shape index (κ1) is 9.44. The zero-order valence-corrected chi connectivity index (χ0v) is 8.17. The van der Waals surface area contributed by atoms with Gasteiger partial charge < -0.3 is 16.2 Å². The molecule has 0 bridgehead atoms. The molecule has 76 valence electrons. The van der Waals surface area contributed by atoms with E-state index in [1.165, 1.54) is 32.1 Å². The van der Waals surface area contributed by atoms with E-state index in [-0.39, 0.29) is 6.10 Å². The van der Waals surface area contributed by atoms with E-state index < -0.39 is 5.66 Å². The van der Waals surface area contributed by atoms with Gasteiger partial charge in [-0.3, -0.25) is 0 Å². The van der Waals surface area contributed by atoms with Crippen LogP contribution in [0.25, 0.3) is 0 Å². The summed E-state index contributed by atoms with van der Waals surface area (Å²) >= 11 is 0. The van der Waals surface area contributed by atoms with Crippen molar-refractivity contribution in [2.75, 3.05) is 6.61 Å². The third kappa shape index (κ3) is 2.42. The van der Waals surface area contributed by atoms with Crippen molar-refractivity contribution >= 4 is 0 Å². The zero-order chi connectivity index (χ0) is 9.31. The lowest BCUT2D eigenvalue weighted by atomic mass is 9.82. The van der Waals surface area contributed by atoms with Crippen molar-refractivity contribution in [2.45, 2.75) is 50.3 Å². The Morgan fingerprint density at radius 2 is 1.77 bits per heavy atom. The molecule has 2 aliphatic rings. The SMILES string of the molecule is NC(N)(CC1CCCCC1)C1CO1. The molecule has 3 heteroatoms. The molecule has 1 unspecified atom stereocenters. The van der Waals surface area contributed by atoms with Crippen molar-refractivity contribution in [1.82, 2.24) is 0 Å². The average molecular weight is 184 g/mol. The summed E-state index contributed by atoms with van der Waals surface area (Å²) in [5.74, 6) is 0.743. The summed E-state index contributed by atoms with van der Waals surface area (Å²) in [6.45, 7) is 0.764. The molecular formula is C10H20N2O. The third-order valence-electron chi connectivity index (χ3n) is 3.30. The van der Waals surface area contributed by atoms with Crippen LogP contribution in [0.2, 0.25) is 0 Å². The maximum Gasteiger partial charge on any atom is 0.112 e. The number of rotatable bonds is 3. The molecule has 1 saturated carbocycles. The van der Waals surface area contributed by atoms with Gasteiger partial charge in [-0.1, -0.05) is 32.1 Å². The molecule has 0 aromatic heterocycles. The highest BCUT2D eigenvalue weighted by molar-refractivity contribution is 4.95. The van der Waals surface area contributed by atoms with Crippen LogP contribution in [0.3, 0.4) is 0 Å². The predicted molar refractivity (Wildman–Crippen MR) is 52.0 cm³/mol. The van der Waals surface area contributed by atoms with Gasteiger partial charge in [-0.05, 0) is 12.3 Å².